The number of carbonyl (C=O) groups is 2. The Bertz CT molecular complexity index is 613. The number of carboxylic acids is 1. The number of amides is 1. The van der Waals surface area contributed by atoms with Gasteiger partial charge in [0.25, 0.3) is 5.56 Å². The topological polar surface area (TPSA) is 79.6 Å². The second-order valence-electron chi connectivity index (χ2n) is 5.31. The van der Waals surface area contributed by atoms with E-state index in [9.17, 15) is 14.4 Å². The zero-order chi connectivity index (χ0) is 15.6. The predicted octanol–water partition coefficient (Wildman–Crippen LogP) is 1.32. The maximum absolute atomic E-state index is 12.3. The highest BCUT2D eigenvalue weighted by molar-refractivity contribution is 9.10. The van der Waals surface area contributed by atoms with Crippen LogP contribution in [0.15, 0.2) is 27.6 Å². The van der Waals surface area contributed by atoms with Crippen molar-refractivity contribution in [3.05, 3.63) is 33.2 Å². The van der Waals surface area contributed by atoms with Gasteiger partial charge in [0.1, 0.15) is 6.54 Å². The van der Waals surface area contributed by atoms with Crippen LogP contribution in [0.2, 0.25) is 0 Å². The number of hydrogen-bond donors (Lipinski definition) is 1. The maximum atomic E-state index is 12.3. The van der Waals surface area contributed by atoms with Crippen LogP contribution in [0.3, 0.4) is 0 Å². The van der Waals surface area contributed by atoms with Gasteiger partial charge in [-0.3, -0.25) is 14.4 Å². The normalized spacial score (nSPS) is 22.1. The molecule has 2 rings (SSSR count). The molecule has 0 saturated carbocycles. The molecule has 2 unspecified atom stereocenters. The van der Waals surface area contributed by atoms with Crippen molar-refractivity contribution in [1.29, 1.82) is 0 Å². The minimum atomic E-state index is -0.808. The van der Waals surface area contributed by atoms with E-state index in [0.29, 0.717) is 19.4 Å². The standard InChI is InChI=1S/C14H17BrN2O4/c1-9-6-10(14(20)21)4-5-17(9)13(19)8-16-7-11(15)2-3-12(16)18/h2-3,7,9-10H,4-6,8H2,1H3,(H,20,21). The molecular formula is C14H17BrN2O4. The fourth-order valence-electron chi connectivity index (χ4n) is 2.63. The number of carboxylic acid groups (broad SMARTS) is 1. The molecule has 0 spiro atoms. The Kier molecular flexibility index (Phi) is 4.82. The largest absolute Gasteiger partial charge is 0.481 e. The van der Waals surface area contributed by atoms with Gasteiger partial charge in [-0.05, 0) is 41.8 Å². The third kappa shape index (κ3) is 3.72. The molecule has 21 heavy (non-hydrogen) atoms. The van der Waals surface area contributed by atoms with E-state index < -0.39 is 11.9 Å². The van der Waals surface area contributed by atoms with Crippen molar-refractivity contribution >= 4 is 27.8 Å². The van der Waals surface area contributed by atoms with Crippen LogP contribution in [-0.2, 0) is 16.1 Å². The van der Waals surface area contributed by atoms with Crippen LogP contribution < -0.4 is 5.56 Å². The second-order valence-corrected chi connectivity index (χ2v) is 6.22. The van der Waals surface area contributed by atoms with E-state index in [-0.39, 0.29) is 24.1 Å². The van der Waals surface area contributed by atoms with Crippen molar-refractivity contribution < 1.29 is 14.7 Å². The summed E-state index contributed by atoms with van der Waals surface area (Å²) in [5.41, 5.74) is -0.236. The molecule has 114 valence electrons. The number of aromatic nitrogens is 1. The quantitative estimate of drug-likeness (QED) is 0.885. The summed E-state index contributed by atoms with van der Waals surface area (Å²) in [6.45, 7) is 2.23. The molecule has 1 aromatic heterocycles. The molecule has 1 aliphatic rings. The number of aliphatic carboxylic acids is 1. The highest BCUT2D eigenvalue weighted by Gasteiger charge is 2.32. The lowest BCUT2D eigenvalue weighted by atomic mass is 9.91. The summed E-state index contributed by atoms with van der Waals surface area (Å²) in [5.74, 6) is -1.36. The smallest absolute Gasteiger partial charge is 0.306 e. The Morgan fingerprint density at radius 2 is 2.14 bits per heavy atom. The SMILES string of the molecule is CC1CC(C(=O)O)CCN1C(=O)Cn1cc(Br)ccc1=O. The average molecular weight is 357 g/mol. The molecule has 0 aliphatic carbocycles. The van der Waals surface area contributed by atoms with E-state index >= 15 is 0 Å². The minimum absolute atomic E-state index is 0.0274. The highest BCUT2D eigenvalue weighted by Crippen LogP contribution is 2.23. The molecule has 1 fully saturated rings. The van der Waals surface area contributed by atoms with Crippen LogP contribution >= 0.6 is 15.9 Å². The predicted molar refractivity (Wildman–Crippen MR) is 79.9 cm³/mol. The fourth-order valence-corrected chi connectivity index (χ4v) is 3.01. The van der Waals surface area contributed by atoms with Gasteiger partial charge in [0.15, 0.2) is 0 Å². The Morgan fingerprint density at radius 3 is 2.76 bits per heavy atom. The van der Waals surface area contributed by atoms with Gasteiger partial charge in [0, 0.05) is 29.3 Å². The van der Waals surface area contributed by atoms with E-state index in [4.69, 9.17) is 5.11 Å². The Balaban J connectivity index is 2.06. The summed E-state index contributed by atoms with van der Waals surface area (Å²) in [7, 11) is 0. The van der Waals surface area contributed by atoms with Gasteiger partial charge >= 0.3 is 5.97 Å². The second kappa shape index (κ2) is 6.43. The van der Waals surface area contributed by atoms with E-state index in [1.165, 1.54) is 10.6 Å². The number of rotatable bonds is 3. The van der Waals surface area contributed by atoms with Crippen LogP contribution in [-0.4, -0.2) is 39.0 Å². The molecule has 6 nitrogen and oxygen atoms in total. The molecule has 0 radical (unpaired) electrons. The van der Waals surface area contributed by atoms with Gasteiger partial charge in [-0.25, -0.2) is 0 Å². The molecule has 1 aromatic rings. The van der Waals surface area contributed by atoms with Crippen LogP contribution in [0.1, 0.15) is 19.8 Å². The molecule has 2 heterocycles. The van der Waals surface area contributed by atoms with Gasteiger partial charge in [-0.15, -0.1) is 0 Å². The van der Waals surface area contributed by atoms with E-state index in [0.717, 1.165) is 4.47 Å². The monoisotopic (exact) mass is 356 g/mol. The zero-order valence-electron chi connectivity index (χ0n) is 11.7. The summed E-state index contributed by atoms with van der Waals surface area (Å²) < 4.78 is 2.08. The van der Waals surface area contributed by atoms with Gasteiger partial charge in [0.2, 0.25) is 5.91 Å². The van der Waals surface area contributed by atoms with Crippen LogP contribution in [0.4, 0.5) is 0 Å². The first-order valence-corrected chi connectivity index (χ1v) is 7.56. The maximum Gasteiger partial charge on any atom is 0.306 e. The number of likely N-dealkylation sites (tertiary alicyclic amines) is 1. The molecule has 1 saturated heterocycles. The molecule has 1 N–H and O–H groups in total. The molecule has 7 heteroatoms. The van der Waals surface area contributed by atoms with Gasteiger partial charge in [0.05, 0.1) is 5.92 Å². The average Bonchev–Trinajstić information content (AvgIpc) is 2.42. The third-order valence-electron chi connectivity index (χ3n) is 3.80. The molecule has 1 aliphatic heterocycles. The molecular weight excluding hydrogens is 340 g/mol. The number of carbonyl (C=O) groups excluding carboxylic acids is 1. The lowest BCUT2D eigenvalue weighted by molar-refractivity contribution is -0.147. The highest BCUT2D eigenvalue weighted by atomic mass is 79.9. The summed E-state index contributed by atoms with van der Waals surface area (Å²) in [6.07, 6.45) is 2.49. The Morgan fingerprint density at radius 1 is 1.43 bits per heavy atom. The van der Waals surface area contributed by atoms with Crippen molar-refractivity contribution in [2.75, 3.05) is 6.54 Å². The number of piperidine rings is 1. The van der Waals surface area contributed by atoms with Crippen LogP contribution in [0, 0.1) is 5.92 Å². The Hall–Kier alpha value is -1.63. The van der Waals surface area contributed by atoms with E-state index in [2.05, 4.69) is 15.9 Å². The Labute approximate surface area is 130 Å². The molecule has 0 aromatic carbocycles. The number of halogens is 1. The van der Waals surface area contributed by atoms with Gasteiger partial charge in [-0.1, -0.05) is 0 Å². The summed E-state index contributed by atoms with van der Waals surface area (Å²) in [4.78, 5) is 36.7. The third-order valence-corrected chi connectivity index (χ3v) is 4.27. The lowest BCUT2D eigenvalue weighted by Crippen LogP contribution is -2.47. The van der Waals surface area contributed by atoms with Crippen molar-refractivity contribution in [3.8, 4) is 0 Å². The summed E-state index contributed by atoms with van der Waals surface area (Å²) in [6, 6.07) is 2.90. The summed E-state index contributed by atoms with van der Waals surface area (Å²) in [5, 5.41) is 9.03. The molecule has 0 bridgehead atoms. The van der Waals surface area contributed by atoms with Gasteiger partial charge < -0.3 is 14.6 Å². The van der Waals surface area contributed by atoms with E-state index in [1.807, 2.05) is 6.92 Å². The van der Waals surface area contributed by atoms with Gasteiger partial charge in [-0.2, -0.15) is 0 Å². The molecule has 1 amide bonds. The van der Waals surface area contributed by atoms with Crippen LogP contribution in [0.25, 0.3) is 0 Å². The first-order valence-electron chi connectivity index (χ1n) is 6.76. The first kappa shape index (κ1) is 15.8. The number of pyridine rings is 1. The summed E-state index contributed by atoms with van der Waals surface area (Å²) >= 11 is 3.27. The number of hydrogen-bond acceptors (Lipinski definition) is 3. The zero-order valence-corrected chi connectivity index (χ0v) is 13.2. The molecule has 2 atom stereocenters. The van der Waals surface area contributed by atoms with Crippen molar-refractivity contribution in [2.45, 2.75) is 32.4 Å². The first-order chi connectivity index (χ1) is 9.88. The van der Waals surface area contributed by atoms with E-state index in [1.54, 1.807) is 17.2 Å². The van der Waals surface area contributed by atoms with Crippen molar-refractivity contribution in [2.24, 2.45) is 5.92 Å². The lowest BCUT2D eigenvalue weighted by Gasteiger charge is -2.36. The van der Waals surface area contributed by atoms with Crippen molar-refractivity contribution in [3.63, 3.8) is 0 Å². The fraction of sp³-hybridized carbons (Fsp3) is 0.500. The minimum Gasteiger partial charge on any atom is -0.481 e. The number of nitrogens with zero attached hydrogens (tertiary/aromatic N) is 2. The van der Waals surface area contributed by atoms with Crippen molar-refractivity contribution in [1.82, 2.24) is 9.47 Å². The van der Waals surface area contributed by atoms with Crippen LogP contribution in [0.5, 0.6) is 0 Å².